The van der Waals surface area contributed by atoms with Crippen LogP contribution in [0.3, 0.4) is 0 Å². The van der Waals surface area contributed by atoms with Crippen LogP contribution in [0, 0.1) is 0 Å². The first-order chi connectivity index (χ1) is 7.20. The maximum atomic E-state index is 10.3. The van der Waals surface area contributed by atoms with Crippen LogP contribution >= 0.6 is 0 Å². The van der Waals surface area contributed by atoms with Gasteiger partial charge in [0, 0.05) is 25.4 Å². The van der Waals surface area contributed by atoms with Crippen LogP contribution in [0.1, 0.15) is 6.42 Å². The third-order valence-electron chi connectivity index (χ3n) is 1.83. The highest BCUT2D eigenvalue weighted by atomic mass is 16.2. The number of hydrogen-bond acceptors (Lipinski definition) is 4. The number of primary amides is 1. The van der Waals surface area contributed by atoms with Crippen molar-refractivity contribution in [2.45, 2.75) is 6.42 Å². The number of hydrogen-bond donors (Lipinski definition) is 1. The first-order valence-electron chi connectivity index (χ1n) is 4.52. The summed E-state index contributed by atoms with van der Waals surface area (Å²) >= 11 is 0. The molecule has 0 unspecified atom stereocenters. The molecule has 1 saturated heterocycles. The number of urea groups is 1. The van der Waals surface area contributed by atoms with E-state index in [1.54, 1.807) is 17.0 Å². The smallest absolute Gasteiger partial charge is 0.314 e. The molecule has 1 aromatic heterocycles. The van der Waals surface area contributed by atoms with E-state index >= 15 is 0 Å². The second-order valence-electron chi connectivity index (χ2n) is 2.93. The Kier molecular flexibility index (Phi) is 4.21. The van der Waals surface area contributed by atoms with Crippen molar-refractivity contribution < 1.29 is 4.79 Å². The first-order valence-corrected chi connectivity index (χ1v) is 4.52. The summed E-state index contributed by atoms with van der Waals surface area (Å²) in [6.45, 7) is 1.71. The van der Waals surface area contributed by atoms with E-state index in [0.717, 1.165) is 19.5 Å². The predicted octanol–water partition coefficient (Wildman–Crippen LogP) is -0.392. The Morgan fingerprint density at radius 3 is 2.60 bits per heavy atom. The van der Waals surface area contributed by atoms with Crippen molar-refractivity contribution in [2.24, 2.45) is 5.73 Å². The minimum atomic E-state index is -0.310. The van der Waals surface area contributed by atoms with Crippen LogP contribution in [0.4, 0.5) is 4.79 Å². The average molecular weight is 208 g/mol. The van der Waals surface area contributed by atoms with Crippen LogP contribution < -0.4 is 11.3 Å². The Morgan fingerprint density at radius 2 is 2.13 bits per heavy atom. The van der Waals surface area contributed by atoms with Gasteiger partial charge in [-0.1, -0.05) is 6.07 Å². The summed E-state index contributed by atoms with van der Waals surface area (Å²) in [6, 6.07) is 4.32. The molecule has 0 atom stereocenters. The minimum absolute atomic E-state index is 0.286. The molecule has 0 saturated carbocycles. The molecular weight excluding hydrogens is 196 g/mol. The lowest BCUT2D eigenvalue weighted by atomic mass is 10.2. The number of nitrogens with zero attached hydrogens (tertiary/aromatic N) is 3. The minimum Gasteiger partial charge on any atom is -0.351 e. The summed E-state index contributed by atoms with van der Waals surface area (Å²) in [5.41, 5.74) is 4.57. The van der Waals surface area contributed by atoms with Crippen LogP contribution in [0.25, 0.3) is 0 Å². The summed E-state index contributed by atoms with van der Waals surface area (Å²) in [6.07, 6.45) is 2.57. The number of carbonyl (C=O) groups is 1. The first kappa shape index (κ1) is 11.1. The normalized spacial score (nSPS) is 13.2. The van der Waals surface area contributed by atoms with E-state index in [4.69, 9.17) is 5.73 Å². The second kappa shape index (κ2) is 5.69. The Balaban J connectivity index is 0.000000151. The van der Waals surface area contributed by atoms with E-state index in [1.165, 1.54) is 12.3 Å². The maximum Gasteiger partial charge on any atom is 0.314 e. The quantitative estimate of drug-likeness (QED) is 0.628. The molecule has 15 heavy (non-hydrogen) atoms. The molecule has 80 valence electrons. The van der Waals surface area contributed by atoms with Gasteiger partial charge in [-0.2, -0.15) is 5.10 Å². The largest absolute Gasteiger partial charge is 0.351 e. The fourth-order valence-corrected chi connectivity index (χ4v) is 0.886. The number of likely N-dealkylation sites (tertiary alicyclic amines) is 1. The number of carbonyl (C=O) groups excluding carboxylic acids is 1. The second-order valence-corrected chi connectivity index (χ2v) is 2.93. The van der Waals surface area contributed by atoms with Gasteiger partial charge in [0.25, 0.3) is 5.56 Å². The van der Waals surface area contributed by atoms with Crippen molar-refractivity contribution in [3.05, 3.63) is 34.7 Å². The molecule has 2 rings (SSSR count). The molecule has 1 fully saturated rings. The summed E-state index contributed by atoms with van der Waals surface area (Å²) in [5.74, 6) is 0. The molecule has 2 amide bonds. The highest BCUT2D eigenvalue weighted by molar-refractivity contribution is 5.72. The topological polar surface area (TPSA) is 89.2 Å². The summed E-state index contributed by atoms with van der Waals surface area (Å²) < 4.78 is 0. The summed E-state index contributed by atoms with van der Waals surface area (Å²) in [7, 11) is 0. The van der Waals surface area contributed by atoms with Gasteiger partial charge >= 0.3 is 6.03 Å². The molecule has 2 heterocycles. The lowest BCUT2D eigenvalue weighted by Gasteiger charge is -2.28. The van der Waals surface area contributed by atoms with Gasteiger partial charge in [0.2, 0.25) is 0 Å². The molecule has 1 aromatic rings. The van der Waals surface area contributed by atoms with Gasteiger partial charge in [0.1, 0.15) is 0 Å². The molecule has 6 nitrogen and oxygen atoms in total. The van der Waals surface area contributed by atoms with Crippen LogP contribution in [-0.2, 0) is 0 Å². The van der Waals surface area contributed by atoms with Crippen molar-refractivity contribution in [1.82, 2.24) is 15.1 Å². The Morgan fingerprint density at radius 1 is 1.40 bits per heavy atom. The van der Waals surface area contributed by atoms with Crippen LogP contribution in [0.2, 0.25) is 0 Å². The summed E-state index contributed by atoms with van der Waals surface area (Å²) in [4.78, 5) is 22.0. The van der Waals surface area contributed by atoms with Gasteiger partial charge < -0.3 is 10.6 Å². The molecule has 0 spiro atoms. The highest BCUT2D eigenvalue weighted by Crippen LogP contribution is 2.02. The van der Waals surface area contributed by atoms with Gasteiger partial charge in [-0.3, -0.25) is 4.79 Å². The van der Waals surface area contributed by atoms with E-state index in [2.05, 4.69) is 10.2 Å². The number of aromatic nitrogens is 2. The van der Waals surface area contributed by atoms with Gasteiger partial charge in [-0.15, -0.1) is 5.10 Å². The van der Waals surface area contributed by atoms with Gasteiger partial charge in [-0.05, 0) is 12.5 Å². The molecule has 1 aliphatic rings. The maximum absolute atomic E-state index is 10.3. The zero-order chi connectivity index (χ0) is 11.1. The van der Waals surface area contributed by atoms with Crippen molar-refractivity contribution in [3.8, 4) is 0 Å². The van der Waals surface area contributed by atoms with E-state index < -0.39 is 0 Å². The van der Waals surface area contributed by atoms with Crippen LogP contribution in [-0.4, -0.2) is 34.2 Å². The van der Waals surface area contributed by atoms with E-state index in [-0.39, 0.29) is 11.6 Å². The Bertz CT molecular complexity index is 357. The van der Waals surface area contributed by atoms with Gasteiger partial charge in [-0.25, -0.2) is 4.79 Å². The Labute approximate surface area is 86.7 Å². The predicted molar refractivity (Wildman–Crippen MR) is 54.1 cm³/mol. The van der Waals surface area contributed by atoms with Crippen molar-refractivity contribution >= 4 is 6.03 Å². The van der Waals surface area contributed by atoms with E-state index in [1.807, 2.05) is 0 Å². The van der Waals surface area contributed by atoms with E-state index in [9.17, 15) is 9.59 Å². The molecule has 0 aliphatic carbocycles. The Hall–Kier alpha value is -1.98. The van der Waals surface area contributed by atoms with Gasteiger partial charge in [0.15, 0.2) is 0 Å². The molecular formula is C9H12N4O2. The standard InChI is InChI=1S/C5H4N2O.C4H8N2O/c8-5-3-1-2-4-6-7-5;5-4(7)6-2-1-3-6/h1-4H;1-3H2,(H2,5,7). The van der Waals surface area contributed by atoms with Crippen LogP contribution in [0.5, 0.6) is 0 Å². The molecule has 0 aromatic carbocycles. The average Bonchev–Trinajstić information content (AvgIpc) is 2.29. The van der Waals surface area contributed by atoms with Crippen molar-refractivity contribution in [1.29, 1.82) is 0 Å². The zero-order valence-corrected chi connectivity index (χ0v) is 8.17. The number of amides is 2. The monoisotopic (exact) mass is 208 g/mol. The molecule has 0 radical (unpaired) electrons. The number of nitrogens with two attached hydrogens (primary N) is 1. The number of rotatable bonds is 0. The SMILES string of the molecule is NC(=O)N1CCC1.O=c1ccccnn1. The fourth-order valence-electron chi connectivity index (χ4n) is 0.886. The van der Waals surface area contributed by atoms with Crippen molar-refractivity contribution in [3.63, 3.8) is 0 Å². The van der Waals surface area contributed by atoms with Crippen LogP contribution in [0.15, 0.2) is 29.2 Å². The third kappa shape index (κ3) is 4.17. The van der Waals surface area contributed by atoms with Gasteiger partial charge in [0.05, 0.1) is 0 Å². The molecule has 2 N–H and O–H groups in total. The summed E-state index contributed by atoms with van der Waals surface area (Å²) in [5, 5.41) is 6.62. The highest BCUT2D eigenvalue weighted by Gasteiger charge is 2.15. The zero-order valence-electron chi connectivity index (χ0n) is 8.17. The van der Waals surface area contributed by atoms with Crippen molar-refractivity contribution in [2.75, 3.05) is 13.1 Å². The molecule has 0 bridgehead atoms. The lowest BCUT2D eigenvalue weighted by molar-refractivity contribution is 0.177. The molecule has 1 aliphatic heterocycles. The third-order valence-corrected chi connectivity index (χ3v) is 1.83. The fraction of sp³-hybridized carbons (Fsp3) is 0.333. The lowest BCUT2D eigenvalue weighted by Crippen LogP contribution is -2.45. The molecule has 6 heteroatoms. The van der Waals surface area contributed by atoms with E-state index in [0.29, 0.717) is 0 Å².